The van der Waals surface area contributed by atoms with Crippen LogP contribution in [0.2, 0.25) is 0 Å². The van der Waals surface area contributed by atoms with E-state index >= 15 is 0 Å². The zero-order valence-corrected chi connectivity index (χ0v) is 9.39. The third kappa shape index (κ3) is 2.70. The molecular formula is C11H14O2S. The molecule has 1 heterocycles. The molecule has 1 aromatic heterocycles. The number of aliphatic carboxylic acids is 1. The van der Waals surface area contributed by atoms with Crippen molar-refractivity contribution < 1.29 is 9.90 Å². The molecule has 3 heteroatoms. The van der Waals surface area contributed by atoms with Crippen LogP contribution in [0.3, 0.4) is 0 Å². The Morgan fingerprint density at radius 1 is 1.50 bits per heavy atom. The van der Waals surface area contributed by atoms with Gasteiger partial charge in [-0.3, -0.25) is 0 Å². The molecule has 0 aromatic carbocycles. The first kappa shape index (κ1) is 11.0. The van der Waals surface area contributed by atoms with Gasteiger partial charge in [-0.2, -0.15) is 0 Å². The van der Waals surface area contributed by atoms with Gasteiger partial charge in [0, 0.05) is 11.0 Å². The summed E-state index contributed by atoms with van der Waals surface area (Å²) in [5.41, 5.74) is 0.739. The highest BCUT2D eigenvalue weighted by Crippen LogP contribution is 2.35. The number of carbonyl (C=O) groups is 1. The van der Waals surface area contributed by atoms with Crippen LogP contribution in [0.25, 0.3) is 5.57 Å². The summed E-state index contributed by atoms with van der Waals surface area (Å²) in [6.45, 7) is 6.05. The summed E-state index contributed by atoms with van der Waals surface area (Å²) in [4.78, 5) is 11.7. The van der Waals surface area contributed by atoms with Gasteiger partial charge in [-0.1, -0.05) is 26.8 Å². The molecule has 0 spiro atoms. The monoisotopic (exact) mass is 210 g/mol. The molecule has 2 nitrogen and oxygen atoms in total. The highest BCUT2D eigenvalue weighted by Gasteiger charge is 2.20. The molecule has 0 aliphatic carbocycles. The summed E-state index contributed by atoms with van der Waals surface area (Å²) >= 11 is 1.57. The number of rotatable bonds is 2. The summed E-state index contributed by atoms with van der Waals surface area (Å²) in [5, 5.41) is 10.7. The smallest absolute Gasteiger partial charge is 0.328 e. The lowest BCUT2D eigenvalue weighted by Gasteiger charge is -2.21. The van der Waals surface area contributed by atoms with Crippen molar-refractivity contribution in [1.82, 2.24) is 0 Å². The van der Waals surface area contributed by atoms with Crippen LogP contribution in [-0.2, 0) is 4.79 Å². The summed E-state index contributed by atoms with van der Waals surface area (Å²) in [6.07, 6.45) is 1.30. The van der Waals surface area contributed by atoms with Crippen LogP contribution in [-0.4, -0.2) is 11.1 Å². The average Bonchev–Trinajstić information content (AvgIpc) is 2.49. The second kappa shape index (κ2) is 3.96. The minimum Gasteiger partial charge on any atom is -0.478 e. The van der Waals surface area contributed by atoms with Gasteiger partial charge in [0.1, 0.15) is 0 Å². The number of carboxylic acids is 1. The molecule has 14 heavy (non-hydrogen) atoms. The highest BCUT2D eigenvalue weighted by molar-refractivity contribution is 7.11. The zero-order chi connectivity index (χ0) is 10.8. The minimum atomic E-state index is -0.886. The van der Waals surface area contributed by atoms with Gasteiger partial charge in [-0.05, 0) is 22.4 Å². The molecule has 0 radical (unpaired) electrons. The second-order valence-electron chi connectivity index (χ2n) is 4.12. The Morgan fingerprint density at radius 3 is 2.50 bits per heavy atom. The van der Waals surface area contributed by atoms with Gasteiger partial charge in [0.05, 0.1) is 0 Å². The molecule has 76 valence electrons. The Hall–Kier alpha value is -1.09. The molecule has 0 atom stereocenters. The van der Waals surface area contributed by atoms with Crippen molar-refractivity contribution in [2.24, 2.45) is 5.41 Å². The third-order valence-corrected chi connectivity index (χ3v) is 2.77. The molecule has 0 saturated heterocycles. The normalized spacial score (nSPS) is 12.9. The maximum absolute atomic E-state index is 10.7. The largest absolute Gasteiger partial charge is 0.478 e. The van der Waals surface area contributed by atoms with Crippen molar-refractivity contribution in [2.45, 2.75) is 20.8 Å². The Balaban J connectivity index is 3.14. The van der Waals surface area contributed by atoms with Crippen LogP contribution in [0.4, 0.5) is 0 Å². The van der Waals surface area contributed by atoms with E-state index in [9.17, 15) is 4.79 Å². The lowest BCUT2D eigenvalue weighted by molar-refractivity contribution is -0.131. The van der Waals surface area contributed by atoms with Gasteiger partial charge < -0.3 is 5.11 Å². The van der Waals surface area contributed by atoms with Crippen LogP contribution >= 0.6 is 11.3 Å². The molecule has 0 amide bonds. The summed E-state index contributed by atoms with van der Waals surface area (Å²) in [6, 6.07) is 3.88. The van der Waals surface area contributed by atoms with E-state index in [1.54, 1.807) is 11.3 Å². The van der Waals surface area contributed by atoms with E-state index in [2.05, 4.69) is 0 Å². The minimum absolute atomic E-state index is 0.136. The van der Waals surface area contributed by atoms with Crippen molar-refractivity contribution in [3.63, 3.8) is 0 Å². The van der Waals surface area contributed by atoms with Gasteiger partial charge in [-0.25, -0.2) is 4.79 Å². The number of hydrogen-bond donors (Lipinski definition) is 1. The molecule has 1 aromatic rings. The fourth-order valence-electron chi connectivity index (χ4n) is 1.21. The number of hydrogen-bond acceptors (Lipinski definition) is 2. The standard InChI is InChI=1S/C11H14O2S/c1-11(2,3)8(7-10(12)13)9-5-4-6-14-9/h4-7H,1-3H3,(H,12,13)/b8-7-. The molecular weight excluding hydrogens is 196 g/mol. The predicted octanol–water partition coefficient (Wildman–Crippen LogP) is 3.26. The quantitative estimate of drug-likeness (QED) is 0.761. The first-order chi connectivity index (χ1) is 6.41. The van der Waals surface area contributed by atoms with Gasteiger partial charge in [0.25, 0.3) is 0 Å². The SMILES string of the molecule is CC(C)(C)/C(=C\C(=O)O)c1cccs1. The maximum atomic E-state index is 10.7. The predicted molar refractivity (Wildman–Crippen MR) is 59.4 cm³/mol. The fraction of sp³-hybridized carbons (Fsp3) is 0.364. The molecule has 0 bridgehead atoms. The Bertz CT molecular complexity index is 342. The summed E-state index contributed by atoms with van der Waals surface area (Å²) in [7, 11) is 0. The Morgan fingerprint density at radius 2 is 2.14 bits per heavy atom. The highest BCUT2D eigenvalue weighted by atomic mass is 32.1. The average molecular weight is 210 g/mol. The van der Waals surface area contributed by atoms with Crippen molar-refractivity contribution >= 4 is 22.9 Å². The van der Waals surface area contributed by atoms with E-state index in [0.29, 0.717) is 0 Å². The van der Waals surface area contributed by atoms with Gasteiger partial charge in [0.15, 0.2) is 0 Å². The van der Waals surface area contributed by atoms with E-state index in [-0.39, 0.29) is 5.41 Å². The number of allylic oxidation sites excluding steroid dienone is 1. The first-order valence-electron chi connectivity index (χ1n) is 4.40. The lowest BCUT2D eigenvalue weighted by atomic mass is 9.85. The number of carboxylic acid groups (broad SMARTS) is 1. The lowest BCUT2D eigenvalue weighted by Crippen LogP contribution is -2.09. The molecule has 0 fully saturated rings. The van der Waals surface area contributed by atoms with Crippen molar-refractivity contribution in [3.05, 3.63) is 28.5 Å². The van der Waals surface area contributed by atoms with E-state index < -0.39 is 5.97 Å². The molecule has 0 aliphatic heterocycles. The molecule has 0 saturated carbocycles. The van der Waals surface area contributed by atoms with Crippen LogP contribution in [0.15, 0.2) is 23.6 Å². The van der Waals surface area contributed by atoms with E-state index in [1.165, 1.54) is 6.08 Å². The molecule has 1 N–H and O–H groups in total. The molecule has 1 rings (SSSR count). The zero-order valence-electron chi connectivity index (χ0n) is 8.57. The van der Waals surface area contributed by atoms with Crippen LogP contribution in [0, 0.1) is 5.41 Å². The molecule has 0 unspecified atom stereocenters. The van der Waals surface area contributed by atoms with Crippen LogP contribution in [0.1, 0.15) is 25.6 Å². The van der Waals surface area contributed by atoms with Gasteiger partial charge in [0.2, 0.25) is 0 Å². The summed E-state index contributed by atoms with van der Waals surface area (Å²) in [5.74, 6) is -0.886. The van der Waals surface area contributed by atoms with Crippen LogP contribution < -0.4 is 0 Å². The van der Waals surface area contributed by atoms with Gasteiger partial charge in [-0.15, -0.1) is 11.3 Å². The second-order valence-corrected chi connectivity index (χ2v) is 5.07. The third-order valence-electron chi connectivity index (χ3n) is 1.86. The van der Waals surface area contributed by atoms with Crippen molar-refractivity contribution in [3.8, 4) is 0 Å². The van der Waals surface area contributed by atoms with Gasteiger partial charge >= 0.3 is 5.97 Å². The van der Waals surface area contributed by atoms with E-state index in [1.807, 2.05) is 38.3 Å². The fourth-order valence-corrected chi connectivity index (χ4v) is 2.17. The first-order valence-corrected chi connectivity index (χ1v) is 5.28. The Kier molecular flexibility index (Phi) is 3.11. The van der Waals surface area contributed by atoms with E-state index in [0.717, 1.165) is 10.5 Å². The Labute approximate surface area is 87.9 Å². The summed E-state index contributed by atoms with van der Waals surface area (Å²) < 4.78 is 0. The van der Waals surface area contributed by atoms with Crippen molar-refractivity contribution in [1.29, 1.82) is 0 Å². The van der Waals surface area contributed by atoms with Crippen LogP contribution in [0.5, 0.6) is 0 Å². The molecule has 0 aliphatic rings. The topological polar surface area (TPSA) is 37.3 Å². The maximum Gasteiger partial charge on any atom is 0.328 e. The number of thiophene rings is 1. The van der Waals surface area contributed by atoms with E-state index in [4.69, 9.17) is 5.11 Å². The van der Waals surface area contributed by atoms with Crippen molar-refractivity contribution in [2.75, 3.05) is 0 Å².